The van der Waals surface area contributed by atoms with Crippen LogP contribution < -0.4 is 10.1 Å². The van der Waals surface area contributed by atoms with Gasteiger partial charge >= 0.3 is 0 Å². The van der Waals surface area contributed by atoms with Crippen LogP contribution in [0, 0.1) is 6.92 Å². The minimum Gasteiger partial charge on any atom is -0.489 e. The third kappa shape index (κ3) is 5.46. The second-order valence-electron chi connectivity index (χ2n) is 6.14. The highest BCUT2D eigenvalue weighted by atomic mass is 79.9. The number of halogens is 1. The first-order chi connectivity index (χ1) is 9.83. The molecule has 0 fully saturated rings. The predicted molar refractivity (Wildman–Crippen MR) is 94.1 cm³/mol. The quantitative estimate of drug-likeness (QED) is 0.775. The summed E-state index contributed by atoms with van der Waals surface area (Å²) < 4.78 is 6.91. The van der Waals surface area contributed by atoms with E-state index in [1.54, 1.807) is 0 Å². The van der Waals surface area contributed by atoms with Crippen molar-refractivity contribution in [2.75, 3.05) is 0 Å². The summed E-state index contributed by atoms with van der Waals surface area (Å²) in [6.45, 7) is 10.2. The van der Waals surface area contributed by atoms with Gasteiger partial charge in [-0.2, -0.15) is 0 Å². The molecule has 0 aliphatic rings. The lowest BCUT2D eigenvalue weighted by Gasteiger charge is -2.19. The monoisotopic (exact) mass is 367 g/mol. The van der Waals surface area contributed by atoms with Gasteiger partial charge in [0.1, 0.15) is 12.4 Å². The van der Waals surface area contributed by atoms with Gasteiger partial charge < -0.3 is 10.1 Å². The van der Waals surface area contributed by atoms with Crippen molar-refractivity contribution in [1.82, 2.24) is 5.32 Å². The molecule has 0 saturated heterocycles. The molecule has 21 heavy (non-hydrogen) atoms. The van der Waals surface area contributed by atoms with Crippen LogP contribution in [-0.4, -0.2) is 5.54 Å². The van der Waals surface area contributed by atoms with Gasteiger partial charge in [0, 0.05) is 31.9 Å². The van der Waals surface area contributed by atoms with Crippen molar-refractivity contribution in [2.45, 2.75) is 46.4 Å². The van der Waals surface area contributed by atoms with Gasteiger partial charge in [0.15, 0.2) is 0 Å². The summed E-state index contributed by atoms with van der Waals surface area (Å²) in [6.07, 6.45) is 0. The van der Waals surface area contributed by atoms with E-state index in [9.17, 15) is 0 Å². The molecule has 4 heteroatoms. The van der Waals surface area contributed by atoms with Crippen molar-refractivity contribution < 1.29 is 4.74 Å². The molecule has 0 unspecified atom stereocenters. The average molecular weight is 368 g/mol. The first-order valence-electron chi connectivity index (χ1n) is 7.05. The van der Waals surface area contributed by atoms with Crippen LogP contribution >= 0.6 is 27.3 Å². The van der Waals surface area contributed by atoms with E-state index < -0.39 is 0 Å². The first kappa shape index (κ1) is 16.5. The Morgan fingerprint density at radius 1 is 1.24 bits per heavy atom. The Balaban J connectivity index is 1.96. The van der Waals surface area contributed by atoms with Crippen LogP contribution in [0.4, 0.5) is 0 Å². The number of ether oxygens (including phenoxy) is 1. The van der Waals surface area contributed by atoms with Crippen LogP contribution in [-0.2, 0) is 13.2 Å². The minimum absolute atomic E-state index is 0.144. The molecular weight excluding hydrogens is 346 g/mol. The van der Waals surface area contributed by atoms with Gasteiger partial charge in [-0.1, -0.05) is 22.0 Å². The average Bonchev–Trinajstić information content (AvgIpc) is 2.74. The molecule has 1 heterocycles. The van der Waals surface area contributed by atoms with Crippen LogP contribution in [0.5, 0.6) is 5.75 Å². The first-order valence-corrected chi connectivity index (χ1v) is 8.66. The molecule has 2 aromatic rings. The molecule has 0 atom stereocenters. The molecule has 0 spiro atoms. The largest absolute Gasteiger partial charge is 0.489 e. The predicted octanol–water partition coefficient (Wildman–Crippen LogP) is 5.29. The molecule has 0 saturated carbocycles. The lowest BCUT2D eigenvalue weighted by molar-refractivity contribution is 0.306. The molecular formula is C17H22BrNOS. The van der Waals surface area contributed by atoms with Gasteiger partial charge in [0.2, 0.25) is 0 Å². The summed E-state index contributed by atoms with van der Waals surface area (Å²) in [5.41, 5.74) is 1.41. The van der Waals surface area contributed by atoms with Crippen molar-refractivity contribution in [3.8, 4) is 5.75 Å². The second kappa shape index (κ2) is 6.95. The molecule has 2 nitrogen and oxygen atoms in total. The fourth-order valence-electron chi connectivity index (χ4n) is 1.89. The second-order valence-corrected chi connectivity index (χ2v) is 8.40. The summed E-state index contributed by atoms with van der Waals surface area (Å²) >= 11 is 5.30. The molecule has 0 bridgehead atoms. The Hall–Kier alpha value is -0.840. The Morgan fingerprint density at radius 3 is 2.67 bits per heavy atom. The maximum absolute atomic E-state index is 5.87. The highest BCUT2D eigenvalue weighted by Gasteiger charge is 2.11. The van der Waals surface area contributed by atoms with E-state index in [0.29, 0.717) is 6.61 Å². The van der Waals surface area contributed by atoms with Gasteiger partial charge in [-0.05, 0) is 52.0 Å². The van der Waals surface area contributed by atoms with Gasteiger partial charge in [0.25, 0.3) is 0 Å². The Labute approximate surface area is 139 Å². The number of rotatable bonds is 5. The SMILES string of the molecule is Cc1sc(CNC(C)(C)C)cc1COc1cccc(Br)c1. The van der Waals surface area contributed by atoms with E-state index in [1.807, 2.05) is 35.6 Å². The smallest absolute Gasteiger partial charge is 0.120 e. The van der Waals surface area contributed by atoms with Crippen LogP contribution in [0.2, 0.25) is 0 Å². The molecule has 1 N–H and O–H groups in total. The molecule has 1 aromatic heterocycles. The molecule has 114 valence electrons. The summed E-state index contributed by atoms with van der Waals surface area (Å²) in [4.78, 5) is 2.69. The van der Waals surface area contributed by atoms with E-state index in [0.717, 1.165) is 16.8 Å². The zero-order valence-corrected chi connectivity index (χ0v) is 15.4. The highest BCUT2D eigenvalue weighted by Crippen LogP contribution is 2.24. The zero-order valence-electron chi connectivity index (χ0n) is 13.0. The van der Waals surface area contributed by atoms with Crippen LogP contribution in [0.15, 0.2) is 34.8 Å². The fourth-order valence-corrected chi connectivity index (χ4v) is 3.25. The standard InChI is InChI=1S/C17H22BrNOS/c1-12-13(8-16(21-12)10-19-17(2,3)4)11-20-15-7-5-6-14(18)9-15/h5-9,19H,10-11H2,1-4H3. The molecule has 0 amide bonds. The van der Waals surface area contributed by atoms with Crippen molar-refractivity contribution in [2.24, 2.45) is 0 Å². The number of hydrogen-bond donors (Lipinski definition) is 1. The topological polar surface area (TPSA) is 21.3 Å². The number of hydrogen-bond acceptors (Lipinski definition) is 3. The van der Waals surface area contributed by atoms with Gasteiger partial charge in [-0.3, -0.25) is 0 Å². The molecule has 1 aromatic carbocycles. The maximum Gasteiger partial charge on any atom is 0.120 e. The number of aryl methyl sites for hydroxylation is 1. The third-order valence-corrected chi connectivity index (χ3v) is 4.64. The fraction of sp³-hybridized carbons (Fsp3) is 0.412. The van der Waals surface area contributed by atoms with E-state index in [2.05, 4.69) is 55.0 Å². The lowest BCUT2D eigenvalue weighted by Crippen LogP contribution is -2.34. The molecule has 0 aliphatic heterocycles. The Bertz CT molecular complexity index is 601. The lowest BCUT2D eigenvalue weighted by atomic mass is 10.1. The number of benzene rings is 1. The van der Waals surface area contributed by atoms with Crippen molar-refractivity contribution in [3.63, 3.8) is 0 Å². The van der Waals surface area contributed by atoms with E-state index in [4.69, 9.17) is 4.74 Å². The van der Waals surface area contributed by atoms with E-state index >= 15 is 0 Å². The van der Waals surface area contributed by atoms with Crippen LogP contribution in [0.25, 0.3) is 0 Å². The minimum atomic E-state index is 0.144. The summed E-state index contributed by atoms with van der Waals surface area (Å²) in [7, 11) is 0. The summed E-state index contributed by atoms with van der Waals surface area (Å²) in [5, 5.41) is 3.52. The Morgan fingerprint density at radius 2 is 2.00 bits per heavy atom. The van der Waals surface area contributed by atoms with E-state index in [1.165, 1.54) is 15.3 Å². The zero-order chi connectivity index (χ0) is 15.5. The van der Waals surface area contributed by atoms with Crippen LogP contribution in [0.1, 0.15) is 36.1 Å². The maximum atomic E-state index is 5.87. The Kier molecular flexibility index (Phi) is 5.47. The third-order valence-electron chi connectivity index (χ3n) is 3.05. The number of nitrogens with one attached hydrogen (secondary N) is 1. The molecule has 0 aliphatic carbocycles. The van der Waals surface area contributed by atoms with Crippen molar-refractivity contribution in [3.05, 3.63) is 50.1 Å². The highest BCUT2D eigenvalue weighted by molar-refractivity contribution is 9.10. The van der Waals surface area contributed by atoms with Crippen molar-refractivity contribution in [1.29, 1.82) is 0 Å². The van der Waals surface area contributed by atoms with Crippen LogP contribution in [0.3, 0.4) is 0 Å². The van der Waals surface area contributed by atoms with Gasteiger partial charge in [-0.25, -0.2) is 0 Å². The van der Waals surface area contributed by atoms with Gasteiger partial charge in [-0.15, -0.1) is 11.3 Å². The van der Waals surface area contributed by atoms with Gasteiger partial charge in [0.05, 0.1) is 0 Å². The van der Waals surface area contributed by atoms with E-state index in [-0.39, 0.29) is 5.54 Å². The molecule has 2 rings (SSSR count). The summed E-state index contributed by atoms with van der Waals surface area (Å²) in [5.74, 6) is 0.893. The van der Waals surface area contributed by atoms with Crippen molar-refractivity contribution >= 4 is 27.3 Å². The normalized spacial score (nSPS) is 11.7. The summed E-state index contributed by atoms with van der Waals surface area (Å²) in [6, 6.07) is 10.2. The number of thiophene rings is 1. The molecule has 0 radical (unpaired) electrons.